The maximum absolute atomic E-state index is 12.6. The molecule has 3 aromatic heterocycles. The predicted molar refractivity (Wildman–Crippen MR) is 120 cm³/mol. The van der Waals surface area contributed by atoms with Gasteiger partial charge in [0.05, 0.1) is 35.5 Å². The van der Waals surface area contributed by atoms with Crippen molar-refractivity contribution < 1.29 is 9.90 Å². The number of H-pyrrole nitrogens is 1. The van der Waals surface area contributed by atoms with Crippen LogP contribution in [0.2, 0.25) is 5.02 Å². The third kappa shape index (κ3) is 3.87. The average molecular weight is 455 g/mol. The molecule has 4 aromatic rings. The number of anilines is 1. The molecule has 5 rings (SSSR count). The highest BCUT2D eigenvalue weighted by Crippen LogP contribution is 2.31. The van der Waals surface area contributed by atoms with E-state index in [1.165, 1.54) is 6.33 Å². The molecule has 0 unspecified atom stereocenters. The van der Waals surface area contributed by atoms with Gasteiger partial charge in [0, 0.05) is 17.9 Å². The Morgan fingerprint density at radius 2 is 2.19 bits per heavy atom. The molecule has 0 aliphatic heterocycles. The molecule has 11 heteroatoms. The lowest BCUT2D eigenvalue weighted by atomic mass is 9.87. The molecule has 1 amide bonds. The third-order valence-corrected chi connectivity index (χ3v) is 6.23. The first-order valence-electron chi connectivity index (χ1n) is 10.5. The normalized spacial score (nSPS) is 21.2. The number of carbonyl (C=O) groups is 1. The standard InChI is InChI=1S/C21H23ClN8O2/c22-11-4-5-12-14(8-11)28-16(27-12)6-7-17(31)29-13-2-1-3-15(19(13)32)30-10-26-18-20(23)24-9-25-21(18)30/h4-5,8-10,13,15,19,32H,1-3,6-7H2,(H,27,28)(H,29,31)(H2,23,24,25)/t13-,15-,19-/m0/s1. The van der Waals surface area contributed by atoms with Gasteiger partial charge in [-0.15, -0.1) is 0 Å². The lowest BCUT2D eigenvalue weighted by Gasteiger charge is -2.36. The zero-order valence-corrected chi connectivity index (χ0v) is 18.0. The lowest BCUT2D eigenvalue weighted by molar-refractivity contribution is -0.123. The molecule has 0 radical (unpaired) electrons. The molecule has 1 aliphatic carbocycles. The van der Waals surface area contributed by atoms with Gasteiger partial charge in [-0.2, -0.15) is 0 Å². The SMILES string of the molecule is Nc1ncnc2c1ncn2[C@H]1CCC[C@H](NC(=O)CCc2nc3ccc(Cl)cc3[nH]2)[C@@H]1O. The summed E-state index contributed by atoms with van der Waals surface area (Å²) in [5, 5.41) is 14.6. The molecule has 1 aromatic carbocycles. The van der Waals surface area contributed by atoms with Gasteiger partial charge in [-0.25, -0.2) is 19.9 Å². The number of benzene rings is 1. The number of amides is 1. The summed E-state index contributed by atoms with van der Waals surface area (Å²) >= 11 is 6.01. The zero-order valence-electron chi connectivity index (χ0n) is 17.2. The van der Waals surface area contributed by atoms with E-state index in [0.717, 1.165) is 29.7 Å². The van der Waals surface area contributed by atoms with Crippen LogP contribution in [0.25, 0.3) is 22.2 Å². The van der Waals surface area contributed by atoms with Crippen molar-refractivity contribution in [3.8, 4) is 0 Å². The van der Waals surface area contributed by atoms with E-state index in [2.05, 4.69) is 30.2 Å². The number of rotatable bonds is 5. The molecule has 166 valence electrons. The van der Waals surface area contributed by atoms with Crippen LogP contribution in [-0.2, 0) is 11.2 Å². The Hall–Kier alpha value is -3.24. The summed E-state index contributed by atoms with van der Waals surface area (Å²) in [6.07, 6.45) is 5.29. The fourth-order valence-electron chi connectivity index (χ4n) is 4.39. The molecular formula is C21H23ClN8O2. The minimum absolute atomic E-state index is 0.129. The number of aryl methyl sites for hydroxylation is 1. The van der Waals surface area contributed by atoms with Gasteiger partial charge in [0.1, 0.15) is 17.7 Å². The zero-order chi connectivity index (χ0) is 22.2. The van der Waals surface area contributed by atoms with Crippen LogP contribution in [-0.4, -0.2) is 52.6 Å². The second-order valence-electron chi connectivity index (χ2n) is 8.09. The Morgan fingerprint density at radius 3 is 3.06 bits per heavy atom. The summed E-state index contributed by atoms with van der Waals surface area (Å²) in [6, 6.07) is 4.83. The molecule has 1 aliphatic rings. The monoisotopic (exact) mass is 454 g/mol. The van der Waals surface area contributed by atoms with Gasteiger partial charge in [-0.3, -0.25) is 4.79 Å². The number of fused-ring (bicyclic) bond motifs is 2. The van der Waals surface area contributed by atoms with E-state index in [-0.39, 0.29) is 24.4 Å². The molecule has 3 heterocycles. The van der Waals surface area contributed by atoms with E-state index in [1.54, 1.807) is 12.4 Å². The number of aliphatic hydroxyl groups is 1. The van der Waals surface area contributed by atoms with Crippen LogP contribution < -0.4 is 11.1 Å². The fourth-order valence-corrected chi connectivity index (χ4v) is 4.57. The van der Waals surface area contributed by atoms with Crippen LogP contribution in [0.1, 0.15) is 37.5 Å². The number of imidazole rings is 2. The molecule has 1 fully saturated rings. The van der Waals surface area contributed by atoms with Crippen molar-refractivity contribution in [1.29, 1.82) is 0 Å². The average Bonchev–Trinajstić information content (AvgIpc) is 3.38. The number of nitrogens with zero attached hydrogens (tertiary/aromatic N) is 5. The van der Waals surface area contributed by atoms with E-state index in [0.29, 0.717) is 34.8 Å². The highest BCUT2D eigenvalue weighted by molar-refractivity contribution is 6.31. The van der Waals surface area contributed by atoms with Gasteiger partial charge in [-0.05, 0) is 37.5 Å². The quantitative estimate of drug-likeness (QED) is 0.361. The number of halogens is 1. The van der Waals surface area contributed by atoms with Crippen LogP contribution in [0.4, 0.5) is 5.82 Å². The van der Waals surface area contributed by atoms with E-state index in [1.807, 2.05) is 16.7 Å². The van der Waals surface area contributed by atoms with Crippen molar-refractivity contribution in [2.24, 2.45) is 0 Å². The Labute approximate surface area is 188 Å². The van der Waals surface area contributed by atoms with Crippen molar-refractivity contribution in [1.82, 2.24) is 34.8 Å². The van der Waals surface area contributed by atoms with E-state index < -0.39 is 6.10 Å². The molecule has 0 spiro atoms. The molecule has 5 N–H and O–H groups in total. The maximum Gasteiger partial charge on any atom is 0.220 e. The Morgan fingerprint density at radius 1 is 1.31 bits per heavy atom. The topological polar surface area (TPSA) is 148 Å². The second kappa shape index (κ2) is 8.36. The Bertz CT molecular complexity index is 1290. The number of aromatic amines is 1. The van der Waals surface area contributed by atoms with Crippen LogP contribution in [0.5, 0.6) is 0 Å². The van der Waals surface area contributed by atoms with Crippen molar-refractivity contribution in [2.45, 2.75) is 50.3 Å². The van der Waals surface area contributed by atoms with Gasteiger partial charge >= 0.3 is 0 Å². The maximum atomic E-state index is 12.6. The number of nitrogen functional groups attached to an aromatic ring is 1. The van der Waals surface area contributed by atoms with Gasteiger partial charge in [0.25, 0.3) is 0 Å². The van der Waals surface area contributed by atoms with Gasteiger partial charge in [0.15, 0.2) is 11.5 Å². The summed E-state index contributed by atoms with van der Waals surface area (Å²) < 4.78 is 1.83. The minimum Gasteiger partial charge on any atom is -0.389 e. The molecule has 0 bridgehead atoms. The van der Waals surface area contributed by atoms with Gasteiger partial charge in [0.2, 0.25) is 5.91 Å². The Balaban J connectivity index is 1.24. The molecule has 10 nitrogen and oxygen atoms in total. The van der Waals surface area contributed by atoms with Crippen molar-refractivity contribution in [3.05, 3.63) is 41.7 Å². The third-order valence-electron chi connectivity index (χ3n) is 5.99. The molecule has 0 saturated heterocycles. The summed E-state index contributed by atoms with van der Waals surface area (Å²) in [7, 11) is 0. The number of carbonyl (C=O) groups excluding carboxylic acids is 1. The summed E-state index contributed by atoms with van der Waals surface area (Å²) in [5.74, 6) is 0.897. The van der Waals surface area contributed by atoms with Crippen LogP contribution in [0.3, 0.4) is 0 Å². The highest BCUT2D eigenvalue weighted by atomic mass is 35.5. The lowest BCUT2D eigenvalue weighted by Crippen LogP contribution is -2.49. The van der Waals surface area contributed by atoms with Crippen molar-refractivity contribution in [2.75, 3.05) is 5.73 Å². The fraction of sp³-hybridized carbons (Fsp3) is 0.381. The number of nitrogens with two attached hydrogens (primary N) is 1. The first kappa shape index (κ1) is 20.7. The van der Waals surface area contributed by atoms with Crippen LogP contribution in [0, 0.1) is 0 Å². The summed E-state index contributed by atoms with van der Waals surface area (Å²) in [5.41, 5.74) is 8.63. The smallest absolute Gasteiger partial charge is 0.220 e. The van der Waals surface area contributed by atoms with Gasteiger partial charge < -0.3 is 25.7 Å². The molecule has 32 heavy (non-hydrogen) atoms. The van der Waals surface area contributed by atoms with Crippen LogP contribution >= 0.6 is 11.6 Å². The first-order chi connectivity index (χ1) is 15.5. The van der Waals surface area contributed by atoms with E-state index >= 15 is 0 Å². The second-order valence-corrected chi connectivity index (χ2v) is 8.53. The minimum atomic E-state index is -0.769. The van der Waals surface area contributed by atoms with Crippen molar-refractivity contribution in [3.63, 3.8) is 0 Å². The van der Waals surface area contributed by atoms with Crippen LogP contribution in [0.15, 0.2) is 30.9 Å². The number of aliphatic hydroxyl groups excluding tert-OH is 1. The molecule has 1 saturated carbocycles. The Kier molecular flexibility index (Phi) is 5.40. The largest absolute Gasteiger partial charge is 0.389 e. The van der Waals surface area contributed by atoms with E-state index in [9.17, 15) is 9.90 Å². The first-order valence-corrected chi connectivity index (χ1v) is 10.9. The van der Waals surface area contributed by atoms with Crippen molar-refractivity contribution >= 4 is 45.5 Å². The number of hydrogen-bond donors (Lipinski definition) is 4. The molecular weight excluding hydrogens is 432 g/mol. The number of hydrogen-bond acceptors (Lipinski definition) is 7. The number of aromatic nitrogens is 6. The highest BCUT2D eigenvalue weighted by Gasteiger charge is 2.35. The summed E-state index contributed by atoms with van der Waals surface area (Å²) in [6.45, 7) is 0. The van der Waals surface area contributed by atoms with Gasteiger partial charge in [-0.1, -0.05) is 11.6 Å². The molecule has 3 atom stereocenters. The number of nitrogens with one attached hydrogen (secondary N) is 2. The van der Waals surface area contributed by atoms with E-state index in [4.69, 9.17) is 17.3 Å². The predicted octanol–water partition coefficient (Wildman–Crippen LogP) is 2.14. The summed E-state index contributed by atoms with van der Waals surface area (Å²) in [4.78, 5) is 32.8.